The number of benzene rings is 2. The zero-order chi connectivity index (χ0) is 15.9. The Balaban J connectivity index is 0.00000192. The molecule has 0 saturated carbocycles. The summed E-state index contributed by atoms with van der Waals surface area (Å²) in [6.07, 6.45) is 3.87. The smallest absolute Gasteiger partial charge is 0.335 e. The number of carboxylic acids is 1. The Kier molecular flexibility index (Phi) is 5.48. The van der Waals surface area contributed by atoms with Gasteiger partial charge >= 0.3 is 5.97 Å². The second-order valence-corrected chi connectivity index (χ2v) is 6.38. The third kappa shape index (κ3) is 3.15. The molecule has 0 fully saturated rings. The van der Waals surface area contributed by atoms with E-state index in [0.717, 1.165) is 9.79 Å². The Bertz CT molecular complexity index is 966. The summed E-state index contributed by atoms with van der Waals surface area (Å²) in [4.78, 5) is 25.7. The highest BCUT2D eigenvalue weighted by molar-refractivity contribution is 7.99. The Hall–Kier alpha value is -1.39. The highest BCUT2D eigenvalue weighted by Crippen LogP contribution is 2.32. The van der Waals surface area contributed by atoms with Crippen LogP contribution >= 0.6 is 23.5 Å². The van der Waals surface area contributed by atoms with E-state index in [-0.39, 0.29) is 33.7 Å². The van der Waals surface area contributed by atoms with Gasteiger partial charge in [-0.3, -0.25) is 4.79 Å². The van der Waals surface area contributed by atoms with E-state index in [9.17, 15) is 9.59 Å². The molecule has 0 unspecified atom stereocenters. The molecule has 3 radical (unpaired) electrons. The molecule has 0 amide bonds. The third-order valence-electron chi connectivity index (χ3n) is 3.41. The quantitative estimate of drug-likeness (QED) is 0.437. The van der Waals surface area contributed by atoms with Crippen molar-refractivity contribution in [3.05, 3.63) is 46.1 Å². The van der Waals surface area contributed by atoms with Crippen molar-refractivity contribution >= 4 is 68.8 Å². The number of hydrogen-bond acceptors (Lipinski definition) is 5. The molecule has 7 heteroatoms. The molecule has 0 aliphatic rings. The molecule has 1 aromatic heterocycles. The summed E-state index contributed by atoms with van der Waals surface area (Å²) in [5.74, 6) is -1.07. The number of carboxylic acid groups (broad SMARTS) is 1. The molecule has 115 valence electrons. The lowest BCUT2D eigenvalue weighted by Gasteiger charge is -2.08. The van der Waals surface area contributed by atoms with Crippen LogP contribution in [0.4, 0.5) is 0 Å². The van der Waals surface area contributed by atoms with Gasteiger partial charge in [-0.15, -0.1) is 23.5 Å². The van der Waals surface area contributed by atoms with E-state index in [2.05, 4.69) is 0 Å². The van der Waals surface area contributed by atoms with Gasteiger partial charge in [0.2, 0.25) is 5.43 Å². The Labute approximate surface area is 151 Å². The summed E-state index contributed by atoms with van der Waals surface area (Å²) >= 11 is 3.06. The molecule has 0 aliphatic heterocycles. The molecule has 0 atom stereocenters. The minimum Gasteiger partial charge on any atom is -0.478 e. The predicted octanol–water partition coefficient (Wildman–Crippen LogP) is 3.71. The van der Waals surface area contributed by atoms with Gasteiger partial charge in [0, 0.05) is 22.3 Å². The van der Waals surface area contributed by atoms with E-state index in [4.69, 9.17) is 9.52 Å². The fourth-order valence-corrected chi connectivity index (χ4v) is 3.43. The van der Waals surface area contributed by atoms with Gasteiger partial charge in [-0.25, -0.2) is 4.79 Å². The largest absolute Gasteiger partial charge is 0.478 e. The second-order valence-electron chi connectivity index (χ2n) is 4.65. The van der Waals surface area contributed by atoms with Crippen molar-refractivity contribution in [2.45, 2.75) is 9.79 Å². The first kappa shape index (κ1) is 18.0. The maximum atomic E-state index is 12.7. The van der Waals surface area contributed by atoms with Crippen LogP contribution < -0.4 is 5.43 Å². The summed E-state index contributed by atoms with van der Waals surface area (Å²) in [6.45, 7) is 0. The predicted molar refractivity (Wildman–Crippen MR) is 96.3 cm³/mol. The number of carbonyl (C=O) groups is 1. The van der Waals surface area contributed by atoms with E-state index in [0.29, 0.717) is 16.6 Å². The number of thioether (sulfide) groups is 2. The standard InChI is InChI=1S/C16H12O4S2.Al/c1-21-9-6-11-14(17)10-5-8(16(18)19)3-4-12(10)20-15(11)13(7-9)22-2;/h3-7H,1-2H3,(H,18,19);. The van der Waals surface area contributed by atoms with Crippen LogP contribution in [0.2, 0.25) is 0 Å². The molecule has 3 rings (SSSR count). The van der Waals surface area contributed by atoms with Gasteiger partial charge in [0.25, 0.3) is 0 Å². The van der Waals surface area contributed by atoms with Crippen molar-refractivity contribution < 1.29 is 14.3 Å². The molecule has 4 nitrogen and oxygen atoms in total. The first-order valence-corrected chi connectivity index (χ1v) is 8.86. The maximum Gasteiger partial charge on any atom is 0.335 e. The number of hydrogen-bond donors (Lipinski definition) is 1. The van der Waals surface area contributed by atoms with Crippen LogP contribution in [-0.4, -0.2) is 40.9 Å². The molecule has 23 heavy (non-hydrogen) atoms. The molecule has 0 bridgehead atoms. The van der Waals surface area contributed by atoms with Crippen molar-refractivity contribution in [3.63, 3.8) is 0 Å². The Morgan fingerprint density at radius 2 is 1.83 bits per heavy atom. The summed E-state index contributed by atoms with van der Waals surface area (Å²) in [5, 5.41) is 9.84. The zero-order valence-electron chi connectivity index (χ0n) is 12.5. The van der Waals surface area contributed by atoms with E-state index < -0.39 is 5.97 Å². The highest BCUT2D eigenvalue weighted by Gasteiger charge is 2.14. The van der Waals surface area contributed by atoms with Gasteiger partial charge in [-0.2, -0.15) is 0 Å². The van der Waals surface area contributed by atoms with Crippen LogP contribution in [0.5, 0.6) is 0 Å². The fraction of sp³-hybridized carbons (Fsp3) is 0.125. The Morgan fingerprint density at radius 3 is 2.43 bits per heavy atom. The maximum absolute atomic E-state index is 12.7. The zero-order valence-corrected chi connectivity index (χ0v) is 15.2. The van der Waals surface area contributed by atoms with Crippen LogP contribution in [0.3, 0.4) is 0 Å². The highest BCUT2D eigenvalue weighted by atomic mass is 32.2. The van der Waals surface area contributed by atoms with Crippen molar-refractivity contribution in [2.24, 2.45) is 0 Å². The second kappa shape index (κ2) is 7.02. The van der Waals surface area contributed by atoms with Gasteiger partial charge in [0.1, 0.15) is 5.58 Å². The van der Waals surface area contributed by atoms with Crippen LogP contribution in [0, 0.1) is 0 Å². The van der Waals surface area contributed by atoms with Crippen LogP contribution in [0.25, 0.3) is 21.9 Å². The van der Waals surface area contributed by atoms with Crippen molar-refractivity contribution in [3.8, 4) is 0 Å². The van der Waals surface area contributed by atoms with Crippen molar-refractivity contribution in [1.29, 1.82) is 0 Å². The van der Waals surface area contributed by atoms with Gasteiger partial charge in [-0.1, -0.05) is 0 Å². The van der Waals surface area contributed by atoms with E-state index >= 15 is 0 Å². The minimum absolute atomic E-state index is 0. The first-order valence-electron chi connectivity index (χ1n) is 6.41. The summed E-state index contributed by atoms with van der Waals surface area (Å²) in [7, 11) is 0. The molecular formula is C16H12AlO4S2. The molecular weight excluding hydrogens is 347 g/mol. The summed E-state index contributed by atoms with van der Waals surface area (Å²) < 4.78 is 5.86. The summed E-state index contributed by atoms with van der Waals surface area (Å²) in [5.41, 5.74) is 0.816. The molecule has 0 saturated heterocycles. The van der Waals surface area contributed by atoms with Crippen LogP contribution in [-0.2, 0) is 0 Å². The minimum atomic E-state index is -1.07. The molecule has 1 heterocycles. The molecule has 1 N–H and O–H groups in total. The average molecular weight is 359 g/mol. The van der Waals surface area contributed by atoms with Gasteiger partial charge in [0.15, 0.2) is 5.58 Å². The van der Waals surface area contributed by atoms with Crippen LogP contribution in [0.15, 0.2) is 49.3 Å². The SMILES string of the molecule is CSc1cc(SC)c2oc3ccc(C(=O)O)cc3c(=O)c2c1.[Al]. The van der Waals surface area contributed by atoms with E-state index in [1.807, 2.05) is 18.6 Å². The van der Waals surface area contributed by atoms with E-state index in [1.165, 1.54) is 30.0 Å². The van der Waals surface area contributed by atoms with Crippen molar-refractivity contribution in [2.75, 3.05) is 12.5 Å². The van der Waals surface area contributed by atoms with Crippen molar-refractivity contribution in [1.82, 2.24) is 0 Å². The number of fused-ring (bicyclic) bond motifs is 2. The Morgan fingerprint density at radius 1 is 1.09 bits per heavy atom. The molecule has 0 spiro atoms. The lowest BCUT2D eigenvalue weighted by atomic mass is 10.1. The normalized spacial score (nSPS) is 10.7. The molecule has 3 aromatic rings. The van der Waals surface area contributed by atoms with Gasteiger partial charge in [-0.05, 0) is 42.8 Å². The van der Waals surface area contributed by atoms with Gasteiger partial charge < -0.3 is 9.52 Å². The summed E-state index contributed by atoms with van der Waals surface area (Å²) in [6, 6.07) is 8.12. The monoisotopic (exact) mass is 359 g/mol. The average Bonchev–Trinajstić information content (AvgIpc) is 2.54. The van der Waals surface area contributed by atoms with E-state index in [1.54, 1.807) is 17.8 Å². The lowest BCUT2D eigenvalue weighted by molar-refractivity contribution is 0.0697. The molecule has 2 aromatic carbocycles. The van der Waals surface area contributed by atoms with Gasteiger partial charge in [0.05, 0.1) is 21.2 Å². The topological polar surface area (TPSA) is 67.5 Å². The molecule has 0 aliphatic carbocycles. The lowest BCUT2D eigenvalue weighted by Crippen LogP contribution is -2.05. The first-order chi connectivity index (χ1) is 10.5. The third-order valence-corrected chi connectivity index (χ3v) is 4.86. The van der Waals surface area contributed by atoms with Crippen LogP contribution in [0.1, 0.15) is 10.4 Å². The fourth-order valence-electron chi connectivity index (χ4n) is 2.30. The number of rotatable bonds is 3. The number of aromatic carboxylic acids is 1.